The van der Waals surface area contributed by atoms with Crippen molar-refractivity contribution in [2.24, 2.45) is 10.7 Å². The second-order valence-corrected chi connectivity index (χ2v) is 3.18. The van der Waals surface area contributed by atoms with E-state index in [1.807, 2.05) is 12.1 Å². The van der Waals surface area contributed by atoms with E-state index in [1.165, 1.54) is 0 Å². The molecule has 0 spiro atoms. The summed E-state index contributed by atoms with van der Waals surface area (Å²) in [4.78, 5) is 4.14. The zero-order valence-corrected chi connectivity index (χ0v) is 8.98. The lowest BCUT2D eigenvalue weighted by atomic mass is 10.1. The minimum absolute atomic E-state index is 0.393. The van der Waals surface area contributed by atoms with Crippen LogP contribution in [0.25, 0.3) is 0 Å². The summed E-state index contributed by atoms with van der Waals surface area (Å²) in [6, 6.07) is 9.32. The fourth-order valence-electron chi connectivity index (χ4n) is 1.09. The van der Waals surface area contributed by atoms with Gasteiger partial charge in [-0.2, -0.15) is 5.26 Å². The Bertz CT molecular complexity index is 412. The lowest BCUT2D eigenvalue weighted by Gasteiger charge is -2.02. The van der Waals surface area contributed by atoms with Gasteiger partial charge in [0.05, 0.1) is 18.2 Å². The molecule has 3 N–H and O–H groups in total. The van der Waals surface area contributed by atoms with Crippen LogP contribution in [0.4, 0.5) is 0 Å². The van der Waals surface area contributed by atoms with Crippen molar-refractivity contribution in [2.45, 2.75) is 6.54 Å². The molecule has 0 heterocycles. The van der Waals surface area contributed by atoms with Crippen LogP contribution in [0, 0.1) is 11.3 Å². The van der Waals surface area contributed by atoms with Gasteiger partial charge in [-0.1, -0.05) is 18.2 Å². The highest BCUT2D eigenvalue weighted by Crippen LogP contribution is 2.04. The minimum Gasteiger partial charge on any atom is -0.370 e. The fourth-order valence-corrected chi connectivity index (χ4v) is 1.09. The highest BCUT2D eigenvalue weighted by molar-refractivity contribution is 5.77. The maximum absolute atomic E-state index is 8.63. The SMILES string of the molecule is C=CCNC(N)=NCc1ccc(C#N)cc1. The minimum atomic E-state index is 0.393. The maximum atomic E-state index is 8.63. The van der Waals surface area contributed by atoms with Gasteiger partial charge in [-0.05, 0) is 17.7 Å². The van der Waals surface area contributed by atoms with Gasteiger partial charge >= 0.3 is 0 Å². The van der Waals surface area contributed by atoms with E-state index >= 15 is 0 Å². The Morgan fingerprint density at radius 2 is 2.19 bits per heavy atom. The number of nitrogens with one attached hydrogen (secondary N) is 1. The molecule has 16 heavy (non-hydrogen) atoms. The molecule has 0 atom stereocenters. The van der Waals surface area contributed by atoms with Gasteiger partial charge < -0.3 is 11.1 Å². The summed E-state index contributed by atoms with van der Waals surface area (Å²) >= 11 is 0. The van der Waals surface area contributed by atoms with Gasteiger partial charge in [0.1, 0.15) is 0 Å². The molecular formula is C12H14N4. The number of guanidine groups is 1. The standard InChI is InChI=1S/C12H14N4/c1-2-7-15-12(14)16-9-11-5-3-10(8-13)4-6-11/h2-6H,1,7,9H2,(H3,14,15,16). The first-order valence-corrected chi connectivity index (χ1v) is 4.90. The van der Waals surface area contributed by atoms with Crippen LogP contribution in [-0.2, 0) is 6.54 Å². The van der Waals surface area contributed by atoms with Crippen molar-refractivity contribution in [3.8, 4) is 6.07 Å². The van der Waals surface area contributed by atoms with Crippen LogP contribution in [0.3, 0.4) is 0 Å². The van der Waals surface area contributed by atoms with Crippen LogP contribution in [0.2, 0.25) is 0 Å². The van der Waals surface area contributed by atoms with Crippen LogP contribution in [0.5, 0.6) is 0 Å². The summed E-state index contributed by atoms with van der Waals surface area (Å²) < 4.78 is 0. The number of rotatable bonds is 4. The molecule has 1 aromatic carbocycles. The molecule has 0 aromatic heterocycles. The predicted octanol–water partition coefficient (Wildman–Crippen LogP) is 1.15. The molecule has 0 saturated carbocycles. The number of hydrogen-bond donors (Lipinski definition) is 2. The van der Waals surface area contributed by atoms with E-state index in [-0.39, 0.29) is 0 Å². The quantitative estimate of drug-likeness (QED) is 0.448. The first-order chi connectivity index (χ1) is 7.76. The summed E-state index contributed by atoms with van der Waals surface area (Å²) in [7, 11) is 0. The normalized spacial score (nSPS) is 10.6. The summed E-state index contributed by atoms with van der Waals surface area (Å²) in [6.07, 6.45) is 1.71. The number of nitrogens with zero attached hydrogens (tertiary/aromatic N) is 2. The highest BCUT2D eigenvalue weighted by Gasteiger charge is 1.93. The maximum Gasteiger partial charge on any atom is 0.189 e. The van der Waals surface area contributed by atoms with Crippen molar-refractivity contribution < 1.29 is 0 Å². The topological polar surface area (TPSA) is 74.2 Å². The van der Waals surface area contributed by atoms with Crippen LogP contribution in [0.1, 0.15) is 11.1 Å². The summed E-state index contributed by atoms with van der Waals surface area (Å²) in [5.41, 5.74) is 7.26. The molecule has 82 valence electrons. The lowest BCUT2D eigenvalue weighted by molar-refractivity contribution is 0.970. The van der Waals surface area contributed by atoms with E-state index < -0.39 is 0 Å². The third kappa shape index (κ3) is 3.84. The van der Waals surface area contributed by atoms with Gasteiger partial charge in [-0.25, -0.2) is 4.99 Å². The number of aliphatic imine (C=N–C) groups is 1. The molecule has 0 aliphatic carbocycles. The average molecular weight is 214 g/mol. The van der Waals surface area contributed by atoms with Crippen molar-refractivity contribution in [3.63, 3.8) is 0 Å². The Labute approximate surface area is 95.1 Å². The molecule has 4 heteroatoms. The van der Waals surface area contributed by atoms with Gasteiger partial charge in [0.2, 0.25) is 0 Å². The van der Waals surface area contributed by atoms with Crippen LogP contribution >= 0.6 is 0 Å². The molecular weight excluding hydrogens is 200 g/mol. The van der Waals surface area contributed by atoms with Crippen LogP contribution < -0.4 is 11.1 Å². The number of nitrogens with two attached hydrogens (primary N) is 1. The van der Waals surface area contributed by atoms with Crippen molar-refractivity contribution in [1.82, 2.24) is 5.32 Å². The first kappa shape index (κ1) is 11.8. The molecule has 0 fully saturated rings. The van der Waals surface area contributed by atoms with Crippen molar-refractivity contribution in [2.75, 3.05) is 6.54 Å². The molecule has 0 unspecified atom stereocenters. The molecule has 0 bridgehead atoms. The molecule has 0 radical (unpaired) electrons. The smallest absolute Gasteiger partial charge is 0.189 e. The van der Waals surface area contributed by atoms with Gasteiger partial charge in [-0.15, -0.1) is 6.58 Å². The van der Waals surface area contributed by atoms with Gasteiger partial charge in [0.25, 0.3) is 0 Å². The first-order valence-electron chi connectivity index (χ1n) is 4.90. The van der Waals surface area contributed by atoms with E-state index in [2.05, 4.69) is 23.0 Å². The van der Waals surface area contributed by atoms with Crippen LogP contribution in [0.15, 0.2) is 41.9 Å². The predicted molar refractivity (Wildman–Crippen MR) is 64.7 cm³/mol. The number of hydrogen-bond acceptors (Lipinski definition) is 2. The van der Waals surface area contributed by atoms with E-state index in [1.54, 1.807) is 18.2 Å². The van der Waals surface area contributed by atoms with E-state index in [4.69, 9.17) is 11.0 Å². The molecule has 0 aliphatic heterocycles. The molecule has 4 nitrogen and oxygen atoms in total. The zero-order chi connectivity index (χ0) is 11.8. The Hall–Kier alpha value is -2.28. The van der Waals surface area contributed by atoms with E-state index in [0.717, 1.165) is 5.56 Å². The molecule has 1 aromatic rings. The summed E-state index contributed by atoms with van der Waals surface area (Å²) in [6.45, 7) is 4.67. The largest absolute Gasteiger partial charge is 0.370 e. The average Bonchev–Trinajstić information content (AvgIpc) is 2.34. The number of benzene rings is 1. The fraction of sp³-hybridized carbons (Fsp3) is 0.167. The Kier molecular flexibility index (Phi) is 4.61. The number of nitriles is 1. The Morgan fingerprint density at radius 3 is 2.75 bits per heavy atom. The van der Waals surface area contributed by atoms with Crippen molar-refractivity contribution >= 4 is 5.96 Å². The second kappa shape index (κ2) is 6.25. The van der Waals surface area contributed by atoms with Crippen molar-refractivity contribution in [1.29, 1.82) is 5.26 Å². The lowest BCUT2D eigenvalue weighted by Crippen LogP contribution is -2.31. The van der Waals surface area contributed by atoms with Crippen molar-refractivity contribution in [3.05, 3.63) is 48.0 Å². The highest BCUT2D eigenvalue weighted by atomic mass is 15.1. The summed E-state index contributed by atoms with van der Waals surface area (Å²) in [5.74, 6) is 0.393. The molecule has 0 aliphatic rings. The van der Waals surface area contributed by atoms with Gasteiger partial charge in [0, 0.05) is 6.54 Å². The Morgan fingerprint density at radius 1 is 1.50 bits per heavy atom. The monoisotopic (exact) mass is 214 g/mol. The van der Waals surface area contributed by atoms with E-state index in [0.29, 0.717) is 24.6 Å². The van der Waals surface area contributed by atoms with Gasteiger partial charge in [0.15, 0.2) is 5.96 Å². The summed E-state index contributed by atoms with van der Waals surface area (Å²) in [5, 5.41) is 11.5. The molecule has 0 amide bonds. The van der Waals surface area contributed by atoms with Gasteiger partial charge in [-0.3, -0.25) is 0 Å². The molecule has 1 rings (SSSR count). The Balaban J connectivity index is 2.53. The zero-order valence-electron chi connectivity index (χ0n) is 8.98. The third-order valence-electron chi connectivity index (χ3n) is 1.94. The molecule has 0 saturated heterocycles. The third-order valence-corrected chi connectivity index (χ3v) is 1.94. The van der Waals surface area contributed by atoms with Crippen LogP contribution in [-0.4, -0.2) is 12.5 Å². The second-order valence-electron chi connectivity index (χ2n) is 3.18. The van der Waals surface area contributed by atoms with E-state index in [9.17, 15) is 0 Å².